The summed E-state index contributed by atoms with van der Waals surface area (Å²) in [6.45, 7) is 5.35. The van der Waals surface area contributed by atoms with Crippen molar-refractivity contribution in [1.82, 2.24) is 9.97 Å². The van der Waals surface area contributed by atoms with E-state index >= 15 is 0 Å². The Morgan fingerprint density at radius 1 is 0.871 bits per heavy atom. The monoisotopic (exact) mass is 422 g/mol. The molecule has 1 aliphatic rings. The molecule has 1 heterocycles. The van der Waals surface area contributed by atoms with Crippen molar-refractivity contribution in [1.29, 1.82) is 0 Å². The minimum absolute atomic E-state index is 0.780. The van der Waals surface area contributed by atoms with E-state index in [0.29, 0.717) is 0 Å². The Morgan fingerprint density at radius 3 is 2.39 bits per heavy atom. The van der Waals surface area contributed by atoms with E-state index in [0.717, 1.165) is 48.3 Å². The summed E-state index contributed by atoms with van der Waals surface area (Å²) >= 11 is 0. The first kappa shape index (κ1) is 23.8. The largest absolute Gasteiger partial charge is 0.493 e. The van der Waals surface area contributed by atoms with Crippen LogP contribution in [0.5, 0.6) is 5.75 Å². The second kappa shape index (κ2) is 13.5. The molecule has 0 unspecified atom stereocenters. The molecule has 1 aromatic heterocycles. The lowest BCUT2D eigenvalue weighted by atomic mass is 9.78. The average molecular weight is 423 g/mol. The molecule has 0 aliphatic heterocycles. The van der Waals surface area contributed by atoms with Gasteiger partial charge in [0.25, 0.3) is 0 Å². The van der Waals surface area contributed by atoms with E-state index in [1.165, 1.54) is 76.2 Å². The summed E-state index contributed by atoms with van der Waals surface area (Å²) in [5.74, 6) is 2.79. The zero-order valence-corrected chi connectivity index (χ0v) is 19.8. The van der Waals surface area contributed by atoms with Gasteiger partial charge in [-0.3, -0.25) is 0 Å². The van der Waals surface area contributed by atoms with Crippen molar-refractivity contribution in [2.24, 2.45) is 11.8 Å². The molecule has 3 heteroatoms. The summed E-state index contributed by atoms with van der Waals surface area (Å²) in [5.41, 5.74) is 3.42. The van der Waals surface area contributed by atoms with Gasteiger partial charge in [0.05, 0.1) is 12.3 Å². The molecule has 2 aromatic rings. The van der Waals surface area contributed by atoms with Gasteiger partial charge in [-0.15, -0.1) is 0 Å². The summed E-state index contributed by atoms with van der Waals surface area (Å²) in [6, 6.07) is 8.38. The van der Waals surface area contributed by atoms with Crippen LogP contribution in [0, 0.1) is 11.8 Å². The molecule has 0 radical (unpaired) electrons. The third-order valence-corrected chi connectivity index (χ3v) is 6.92. The van der Waals surface area contributed by atoms with Crippen LogP contribution < -0.4 is 4.74 Å². The number of aryl methyl sites for hydroxylation is 1. The lowest BCUT2D eigenvalue weighted by Gasteiger charge is -2.28. The second-order valence-electron chi connectivity index (χ2n) is 9.37. The maximum absolute atomic E-state index is 6.20. The van der Waals surface area contributed by atoms with E-state index < -0.39 is 0 Å². The zero-order valence-electron chi connectivity index (χ0n) is 19.8. The van der Waals surface area contributed by atoms with Gasteiger partial charge >= 0.3 is 0 Å². The number of nitrogens with zero attached hydrogens (tertiary/aromatic N) is 2. The molecule has 3 rings (SSSR count). The number of hydrogen-bond donors (Lipinski definition) is 0. The molecule has 0 N–H and O–H groups in total. The number of hydrogen-bond acceptors (Lipinski definition) is 3. The van der Waals surface area contributed by atoms with Gasteiger partial charge in [0.15, 0.2) is 0 Å². The predicted molar refractivity (Wildman–Crippen MR) is 130 cm³/mol. The van der Waals surface area contributed by atoms with Crippen molar-refractivity contribution in [2.45, 2.75) is 97.3 Å². The number of benzene rings is 1. The van der Waals surface area contributed by atoms with Crippen molar-refractivity contribution in [3.63, 3.8) is 0 Å². The molecule has 1 aromatic carbocycles. The van der Waals surface area contributed by atoms with Crippen LogP contribution in [0.25, 0.3) is 11.3 Å². The summed E-state index contributed by atoms with van der Waals surface area (Å²) < 4.78 is 6.20. The van der Waals surface area contributed by atoms with Gasteiger partial charge in [0.2, 0.25) is 0 Å². The van der Waals surface area contributed by atoms with Gasteiger partial charge < -0.3 is 4.74 Å². The molecule has 1 saturated carbocycles. The Balaban J connectivity index is 1.58. The quantitative estimate of drug-likeness (QED) is 0.306. The van der Waals surface area contributed by atoms with Crippen LogP contribution in [-0.4, -0.2) is 16.6 Å². The van der Waals surface area contributed by atoms with Gasteiger partial charge in [-0.25, -0.2) is 9.97 Å². The molecule has 0 spiro atoms. The molecular weight excluding hydrogens is 380 g/mol. The van der Waals surface area contributed by atoms with Crippen LogP contribution in [0.2, 0.25) is 0 Å². The molecule has 0 saturated heterocycles. The highest BCUT2D eigenvalue weighted by molar-refractivity contribution is 5.69. The maximum Gasteiger partial charge on any atom is 0.128 e. The van der Waals surface area contributed by atoms with E-state index in [1.807, 2.05) is 6.20 Å². The fourth-order valence-electron chi connectivity index (χ4n) is 5.04. The van der Waals surface area contributed by atoms with Crippen molar-refractivity contribution < 1.29 is 4.74 Å². The molecule has 1 fully saturated rings. The first-order chi connectivity index (χ1) is 15.3. The van der Waals surface area contributed by atoms with E-state index in [4.69, 9.17) is 4.74 Å². The van der Waals surface area contributed by atoms with Crippen LogP contribution in [0.1, 0.15) is 96.5 Å². The molecule has 170 valence electrons. The topological polar surface area (TPSA) is 35.0 Å². The Labute approximate surface area is 190 Å². The number of rotatable bonds is 13. The predicted octanol–water partition coefficient (Wildman–Crippen LogP) is 8.03. The maximum atomic E-state index is 6.20. The van der Waals surface area contributed by atoms with Gasteiger partial charge in [0.1, 0.15) is 12.1 Å². The molecule has 1 aliphatic carbocycles. The standard InChI is InChI=1S/C28H42N2O/c1-3-5-6-7-10-20-31-27-13-9-8-12-26(27)28-25(21-29-22-30-28)19-18-24-16-14-23(11-4-2)15-17-24/h8-9,12-13,21-24H,3-7,10-11,14-20H2,1-2H3. The number of para-hydroxylation sites is 1. The average Bonchev–Trinajstić information content (AvgIpc) is 2.82. The number of unbranched alkanes of at least 4 members (excludes halogenated alkanes) is 4. The van der Waals surface area contributed by atoms with Crippen LogP contribution >= 0.6 is 0 Å². The Kier molecular flexibility index (Phi) is 10.3. The lowest BCUT2D eigenvalue weighted by molar-refractivity contribution is 0.252. The molecule has 0 bridgehead atoms. The fourth-order valence-corrected chi connectivity index (χ4v) is 5.04. The molecule has 0 atom stereocenters. The van der Waals surface area contributed by atoms with Crippen LogP contribution in [0.15, 0.2) is 36.8 Å². The van der Waals surface area contributed by atoms with Crippen molar-refractivity contribution in [3.8, 4) is 17.0 Å². The normalized spacial score (nSPS) is 18.8. The van der Waals surface area contributed by atoms with Gasteiger partial charge in [-0.05, 0) is 48.8 Å². The third-order valence-electron chi connectivity index (χ3n) is 6.92. The Bertz CT molecular complexity index is 752. The molecule has 0 amide bonds. The van der Waals surface area contributed by atoms with Crippen LogP contribution in [-0.2, 0) is 6.42 Å². The Hall–Kier alpha value is -1.90. The van der Waals surface area contributed by atoms with E-state index in [-0.39, 0.29) is 0 Å². The smallest absolute Gasteiger partial charge is 0.128 e. The lowest BCUT2D eigenvalue weighted by Crippen LogP contribution is -2.15. The Morgan fingerprint density at radius 2 is 1.61 bits per heavy atom. The van der Waals surface area contributed by atoms with Crippen LogP contribution in [0.4, 0.5) is 0 Å². The summed E-state index contributed by atoms with van der Waals surface area (Å²) in [4.78, 5) is 9.04. The minimum atomic E-state index is 0.780. The summed E-state index contributed by atoms with van der Waals surface area (Å²) in [6.07, 6.45) is 20.7. The first-order valence-corrected chi connectivity index (χ1v) is 12.8. The van der Waals surface area contributed by atoms with E-state index in [9.17, 15) is 0 Å². The summed E-state index contributed by atoms with van der Waals surface area (Å²) in [7, 11) is 0. The number of aromatic nitrogens is 2. The van der Waals surface area contributed by atoms with Crippen molar-refractivity contribution >= 4 is 0 Å². The third kappa shape index (κ3) is 7.63. The SMILES string of the molecule is CCCCCCCOc1ccccc1-c1ncncc1CCC1CCC(CCC)CC1. The van der Waals surface area contributed by atoms with E-state index in [2.05, 4.69) is 48.1 Å². The van der Waals surface area contributed by atoms with Gasteiger partial charge in [-0.2, -0.15) is 0 Å². The van der Waals surface area contributed by atoms with Gasteiger partial charge in [-0.1, -0.05) is 90.2 Å². The molecular formula is C28H42N2O. The minimum Gasteiger partial charge on any atom is -0.493 e. The van der Waals surface area contributed by atoms with Crippen molar-refractivity contribution in [2.75, 3.05) is 6.61 Å². The molecule has 3 nitrogen and oxygen atoms in total. The fraction of sp³-hybridized carbons (Fsp3) is 0.643. The summed E-state index contributed by atoms with van der Waals surface area (Å²) in [5, 5.41) is 0. The highest BCUT2D eigenvalue weighted by Gasteiger charge is 2.21. The highest BCUT2D eigenvalue weighted by atomic mass is 16.5. The first-order valence-electron chi connectivity index (χ1n) is 12.8. The van der Waals surface area contributed by atoms with E-state index in [1.54, 1.807) is 6.33 Å². The second-order valence-corrected chi connectivity index (χ2v) is 9.37. The van der Waals surface area contributed by atoms with Crippen molar-refractivity contribution in [3.05, 3.63) is 42.4 Å². The number of ether oxygens (including phenoxy) is 1. The molecule has 31 heavy (non-hydrogen) atoms. The van der Waals surface area contributed by atoms with Crippen LogP contribution in [0.3, 0.4) is 0 Å². The van der Waals surface area contributed by atoms with Gasteiger partial charge in [0, 0.05) is 11.8 Å². The zero-order chi connectivity index (χ0) is 21.7. The highest BCUT2D eigenvalue weighted by Crippen LogP contribution is 2.35.